The lowest BCUT2D eigenvalue weighted by Gasteiger charge is -2.14. The number of hydrogen-bond acceptors (Lipinski definition) is 4. The first-order valence-corrected chi connectivity index (χ1v) is 5.56. The molecule has 0 unspecified atom stereocenters. The van der Waals surface area contributed by atoms with E-state index in [1.54, 1.807) is 12.4 Å². The highest BCUT2D eigenvalue weighted by atomic mass is 35.5. The SMILES string of the molecule is Clc1nccnc1OCCN1CCCC1. The summed E-state index contributed by atoms with van der Waals surface area (Å²) in [5, 5.41) is 0.332. The van der Waals surface area contributed by atoms with Crippen molar-refractivity contribution in [2.75, 3.05) is 26.2 Å². The minimum absolute atomic E-state index is 0.332. The van der Waals surface area contributed by atoms with Gasteiger partial charge in [-0.1, -0.05) is 11.6 Å². The van der Waals surface area contributed by atoms with Crippen molar-refractivity contribution in [3.05, 3.63) is 17.5 Å². The Kier molecular flexibility index (Phi) is 3.75. The Morgan fingerprint density at radius 3 is 2.73 bits per heavy atom. The molecule has 5 heteroatoms. The van der Waals surface area contributed by atoms with Gasteiger partial charge < -0.3 is 4.74 Å². The first kappa shape index (κ1) is 10.6. The zero-order valence-electron chi connectivity index (χ0n) is 8.53. The normalized spacial score (nSPS) is 16.9. The van der Waals surface area contributed by atoms with Crippen LogP contribution in [0.5, 0.6) is 5.88 Å². The Morgan fingerprint density at radius 2 is 2.00 bits per heavy atom. The topological polar surface area (TPSA) is 38.3 Å². The van der Waals surface area contributed by atoms with Gasteiger partial charge in [-0.25, -0.2) is 9.97 Å². The van der Waals surface area contributed by atoms with Gasteiger partial charge in [-0.3, -0.25) is 4.90 Å². The van der Waals surface area contributed by atoms with Gasteiger partial charge in [0.1, 0.15) is 6.61 Å². The molecule has 0 atom stereocenters. The lowest BCUT2D eigenvalue weighted by atomic mass is 10.4. The number of hydrogen-bond donors (Lipinski definition) is 0. The summed E-state index contributed by atoms with van der Waals surface area (Å²) in [4.78, 5) is 10.3. The summed E-state index contributed by atoms with van der Waals surface area (Å²) >= 11 is 5.81. The number of halogens is 1. The van der Waals surface area contributed by atoms with E-state index in [9.17, 15) is 0 Å². The third kappa shape index (κ3) is 3.04. The van der Waals surface area contributed by atoms with Crippen LogP contribution in [0, 0.1) is 0 Å². The van der Waals surface area contributed by atoms with Crippen LogP contribution in [-0.4, -0.2) is 41.1 Å². The minimum Gasteiger partial charge on any atom is -0.474 e. The molecule has 1 fully saturated rings. The van der Waals surface area contributed by atoms with Crippen LogP contribution in [0.3, 0.4) is 0 Å². The zero-order valence-corrected chi connectivity index (χ0v) is 9.28. The summed E-state index contributed by atoms with van der Waals surface area (Å²) in [7, 11) is 0. The van der Waals surface area contributed by atoms with E-state index in [1.807, 2.05) is 0 Å². The molecule has 15 heavy (non-hydrogen) atoms. The fourth-order valence-electron chi connectivity index (χ4n) is 1.68. The lowest BCUT2D eigenvalue weighted by Crippen LogP contribution is -2.25. The number of aromatic nitrogens is 2. The Morgan fingerprint density at radius 1 is 1.27 bits per heavy atom. The number of ether oxygens (including phenoxy) is 1. The van der Waals surface area contributed by atoms with Crippen molar-refractivity contribution in [3.8, 4) is 5.88 Å². The van der Waals surface area contributed by atoms with Crippen LogP contribution in [0.25, 0.3) is 0 Å². The van der Waals surface area contributed by atoms with Crippen LogP contribution in [0.15, 0.2) is 12.4 Å². The molecule has 0 saturated carbocycles. The van der Waals surface area contributed by atoms with E-state index >= 15 is 0 Å². The summed E-state index contributed by atoms with van der Waals surface area (Å²) < 4.78 is 5.45. The van der Waals surface area contributed by atoms with Crippen LogP contribution >= 0.6 is 11.6 Å². The maximum atomic E-state index is 5.81. The van der Waals surface area contributed by atoms with Crippen molar-refractivity contribution >= 4 is 11.6 Å². The Labute approximate surface area is 94.2 Å². The van der Waals surface area contributed by atoms with E-state index in [4.69, 9.17) is 16.3 Å². The van der Waals surface area contributed by atoms with Crippen molar-refractivity contribution in [1.29, 1.82) is 0 Å². The molecule has 0 N–H and O–H groups in total. The fraction of sp³-hybridized carbons (Fsp3) is 0.600. The highest BCUT2D eigenvalue weighted by molar-refractivity contribution is 6.30. The molecule has 1 aromatic rings. The van der Waals surface area contributed by atoms with E-state index in [-0.39, 0.29) is 0 Å². The molecule has 2 heterocycles. The molecule has 0 spiro atoms. The predicted molar refractivity (Wildman–Crippen MR) is 58.2 cm³/mol. The van der Waals surface area contributed by atoms with Crippen molar-refractivity contribution in [2.24, 2.45) is 0 Å². The molecule has 2 rings (SSSR count). The second kappa shape index (κ2) is 5.28. The Balaban J connectivity index is 1.75. The monoisotopic (exact) mass is 227 g/mol. The molecule has 0 amide bonds. The van der Waals surface area contributed by atoms with Crippen LogP contribution in [0.2, 0.25) is 5.15 Å². The van der Waals surface area contributed by atoms with Gasteiger partial charge in [-0.2, -0.15) is 0 Å². The molecule has 0 aliphatic carbocycles. The third-order valence-electron chi connectivity index (χ3n) is 2.47. The van der Waals surface area contributed by atoms with E-state index in [1.165, 1.54) is 25.9 Å². The summed E-state index contributed by atoms with van der Waals surface area (Å²) in [6.07, 6.45) is 5.73. The van der Waals surface area contributed by atoms with E-state index < -0.39 is 0 Å². The predicted octanol–water partition coefficient (Wildman–Crippen LogP) is 1.60. The Bertz CT molecular complexity index is 315. The summed E-state index contributed by atoms with van der Waals surface area (Å²) in [5.41, 5.74) is 0. The largest absolute Gasteiger partial charge is 0.474 e. The molecule has 1 aromatic heterocycles. The van der Waals surface area contributed by atoms with Crippen molar-refractivity contribution in [1.82, 2.24) is 14.9 Å². The average molecular weight is 228 g/mol. The van der Waals surface area contributed by atoms with Gasteiger partial charge in [-0.05, 0) is 25.9 Å². The molecule has 0 aromatic carbocycles. The number of likely N-dealkylation sites (tertiary alicyclic amines) is 1. The Hall–Kier alpha value is -0.870. The molecular formula is C10H14ClN3O. The zero-order chi connectivity index (χ0) is 10.5. The summed E-state index contributed by atoms with van der Waals surface area (Å²) in [5.74, 6) is 0.429. The standard InChI is InChI=1S/C10H14ClN3O/c11-9-10(13-4-3-12-9)15-8-7-14-5-1-2-6-14/h3-4H,1-2,5-8H2. The van der Waals surface area contributed by atoms with Crippen LogP contribution in [0.4, 0.5) is 0 Å². The second-order valence-corrected chi connectivity index (χ2v) is 3.91. The second-order valence-electron chi connectivity index (χ2n) is 3.55. The number of nitrogens with zero attached hydrogens (tertiary/aromatic N) is 3. The molecular weight excluding hydrogens is 214 g/mol. The minimum atomic E-state index is 0.332. The van der Waals surface area contributed by atoms with Gasteiger partial charge in [0, 0.05) is 18.9 Å². The number of rotatable bonds is 4. The molecule has 1 aliphatic rings. The highest BCUT2D eigenvalue weighted by Crippen LogP contribution is 2.16. The smallest absolute Gasteiger partial charge is 0.252 e. The quantitative estimate of drug-likeness (QED) is 0.783. The van der Waals surface area contributed by atoms with Crippen molar-refractivity contribution in [2.45, 2.75) is 12.8 Å². The summed E-state index contributed by atoms with van der Waals surface area (Å²) in [6.45, 7) is 3.92. The molecule has 0 radical (unpaired) electrons. The van der Waals surface area contributed by atoms with Gasteiger partial charge in [0.15, 0.2) is 5.15 Å². The van der Waals surface area contributed by atoms with Gasteiger partial charge in [0.2, 0.25) is 0 Å². The fourth-order valence-corrected chi connectivity index (χ4v) is 1.84. The molecule has 0 bridgehead atoms. The molecule has 1 aliphatic heterocycles. The van der Waals surface area contributed by atoms with E-state index in [2.05, 4.69) is 14.9 Å². The van der Waals surface area contributed by atoms with Crippen LogP contribution < -0.4 is 4.74 Å². The summed E-state index contributed by atoms with van der Waals surface area (Å²) in [6, 6.07) is 0. The van der Waals surface area contributed by atoms with Gasteiger partial charge >= 0.3 is 0 Å². The van der Waals surface area contributed by atoms with Crippen LogP contribution in [0.1, 0.15) is 12.8 Å². The van der Waals surface area contributed by atoms with E-state index in [0.717, 1.165) is 6.54 Å². The molecule has 1 saturated heterocycles. The molecule has 82 valence electrons. The van der Waals surface area contributed by atoms with Crippen LogP contribution in [-0.2, 0) is 0 Å². The van der Waals surface area contributed by atoms with Gasteiger partial charge in [0.25, 0.3) is 5.88 Å². The maximum absolute atomic E-state index is 5.81. The molecule has 4 nitrogen and oxygen atoms in total. The highest BCUT2D eigenvalue weighted by Gasteiger charge is 2.11. The van der Waals surface area contributed by atoms with Crippen molar-refractivity contribution < 1.29 is 4.74 Å². The van der Waals surface area contributed by atoms with Gasteiger partial charge in [0.05, 0.1) is 0 Å². The first-order valence-electron chi connectivity index (χ1n) is 5.18. The first-order chi connectivity index (χ1) is 7.36. The average Bonchev–Trinajstić information content (AvgIpc) is 2.74. The van der Waals surface area contributed by atoms with E-state index in [0.29, 0.717) is 17.6 Å². The third-order valence-corrected chi connectivity index (χ3v) is 2.73. The van der Waals surface area contributed by atoms with Crippen molar-refractivity contribution in [3.63, 3.8) is 0 Å². The van der Waals surface area contributed by atoms with Gasteiger partial charge in [-0.15, -0.1) is 0 Å². The maximum Gasteiger partial charge on any atom is 0.252 e. The lowest BCUT2D eigenvalue weighted by molar-refractivity contribution is 0.231.